The summed E-state index contributed by atoms with van der Waals surface area (Å²) in [6.07, 6.45) is 5.80. The third-order valence-corrected chi connectivity index (χ3v) is 6.73. The average Bonchev–Trinajstić information content (AvgIpc) is 3.00. The van der Waals surface area contributed by atoms with Gasteiger partial charge in [-0.2, -0.15) is 0 Å². The van der Waals surface area contributed by atoms with Crippen molar-refractivity contribution in [1.82, 2.24) is 9.80 Å². The van der Waals surface area contributed by atoms with Gasteiger partial charge in [-0.05, 0) is 25.7 Å². The number of nitrogens with one attached hydrogen (secondary N) is 2. The largest absolute Gasteiger partial charge is 0.337 e. The lowest BCUT2D eigenvalue weighted by Gasteiger charge is -2.33. The van der Waals surface area contributed by atoms with Crippen molar-refractivity contribution in [1.29, 1.82) is 0 Å². The smallest absolute Gasteiger partial charge is 0.225 e. The van der Waals surface area contributed by atoms with Gasteiger partial charge in [0.2, 0.25) is 11.8 Å². The molecule has 0 aromatic rings. The first-order valence-corrected chi connectivity index (χ1v) is 10.7. The summed E-state index contributed by atoms with van der Waals surface area (Å²) in [4.78, 5) is 33.0. The second kappa shape index (κ2) is 9.18. The van der Waals surface area contributed by atoms with Gasteiger partial charge in [0.25, 0.3) is 0 Å². The van der Waals surface area contributed by atoms with Crippen LogP contribution in [-0.2, 0) is 9.59 Å². The topological polar surface area (TPSA) is 49.5 Å². The molecule has 3 aliphatic rings. The van der Waals surface area contributed by atoms with Crippen molar-refractivity contribution in [3.05, 3.63) is 0 Å². The SMILES string of the molecule is C[NH+]1CCCN(C(=O)C2CCC(C(=O)N3CCC[NH+](C)CC3)CC2)CC1. The number of hydrogen-bond acceptors (Lipinski definition) is 2. The molecular formula is C20H38N4O2+2. The summed E-state index contributed by atoms with van der Waals surface area (Å²) in [5, 5.41) is 0. The number of carbonyl (C=O) groups is 2. The molecule has 2 atom stereocenters. The van der Waals surface area contributed by atoms with E-state index < -0.39 is 0 Å². The van der Waals surface area contributed by atoms with Crippen molar-refractivity contribution in [2.24, 2.45) is 11.8 Å². The molecule has 2 saturated heterocycles. The third kappa shape index (κ3) is 4.97. The molecular weight excluding hydrogens is 328 g/mol. The molecule has 3 fully saturated rings. The van der Waals surface area contributed by atoms with Gasteiger partial charge in [0.05, 0.1) is 53.4 Å². The molecule has 6 nitrogen and oxygen atoms in total. The van der Waals surface area contributed by atoms with Crippen LogP contribution in [0.5, 0.6) is 0 Å². The number of rotatable bonds is 2. The minimum atomic E-state index is 0.150. The zero-order valence-corrected chi connectivity index (χ0v) is 16.8. The Kier molecular flexibility index (Phi) is 6.92. The molecule has 1 aliphatic carbocycles. The molecule has 0 aromatic carbocycles. The monoisotopic (exact) mass is 366 g/mol. The Morgan fingerprint density at radius 1 is 0.654 bits per heavy atom. The highest BCUT2D eigenvalue weighted by Crippen LogP contribution is 2.31. The standard InChI is InChI=1S/C20H36N4O2/c1-21-9-3-11-23(15-13-21)19(25)17-5-7-18(8-6-17)20(26)24-12-4-10-22(2)14-16-24/h17-18H,3-16H2,1-2H3/p+2. The first-order valence-electron chi connectivity index (χ1n) is 10.7. The van der Waals surface area contributed by atoms with Crippen LogP contribution >= 0.6 is 0 Å². The third-order valence-electron chi connectivity index (χ3n) is 6.73. The Hall–Kier alpha value is -1.14. The van der Waals surface area contributed by atoms with Gasteiger partial charge in [-0.15, -0.1) is 0 Å². The van der Waals surface area contributed by atoms with E-state index in [9.17, 15) is 9.59 Å². The lowest BCUT2D eigenvalue weighted by Crippen LogP contribution is -3.09. The minimum Gasteiger partial charge on any atom is -0.337 e. The second-order valence-corrected chi connectivity index (χ2v) is 8.82. The van der Waals surface area contributed by atoms with E-state index in [0.717, 1.165) is 90.9 Å². The van der Waals surface area contributed by atoms with Crippen LogP contribution in [0.1, 0.15) is 38.5 Å². The molecule has 6 heteroatoms. The number of quaternary nitrogens is 2. The van der Waals surface area contributed by atoms with Crippen molar-refractivity contribution >= 4 is 11.8 Å². The quantitative estimate of drug-likeness (QED) is 0.611. The molecule has 2 N–H and O–H groups in total. The summed E-state index contributed by atoms with van der Waals surface area (Å²) in [5.41, 5.74) is 0. The second-order valence-electron chi connectivity index (χ2n) is 8.82. The first kappa shape index (κ1) is 19.6. The molecule has 148 valence electrons. The summed E-state index contributed by atoms with van der Waals surface area (Å²) in [6.45, 7) is 8.07. The van der Waals surface area contributed by atoms with E-state index in [4.69, 9.17) is 0 Å². The van der Waals surface area contributed by atoms with E-state index in [1.165, 1.54) is 9.80 Å². The molecule has 0 bridgehead atoms. The number of likely N-dealkylation sites (N-methyl/N-ethyl adjacent to an activating group) is 2. The number of amides is 2. The maximum atomic E-state index is 12.9. The highest BCUT2D eigenvalue weighted by atomic mass is 16.2. The molecule has 2 heterocycles. The predicted molar refractivity (Wildman–Crippen MR) is 101 cm³/mol. The Balaban J connectivity index is 1.47. The van der Waals surface area contributed by atoms with Crippen molar-refractivity contribution in [2.45, 2.75) is 38.5 Å². The Labute approximate surface area is 158 Å². The van der Waals surface area contributed by atoms with Gasteiger partial charge in [0.15, 0.2) is 0 Å². The summed E-state index contributed by atoms with van der Waals surface area (Å²) in [7, 11) is 4.43. The fourth-order valence-electron chi connectivity index (χ4n) is 4.81. The molecule has 3 rings (SSSR count). The van der Waals surface area contributed by atoms with Gasteiger partial charge < -0.3 is 19.6 Å². The van der Waals surface area contributed by atoms with Crippen molar-refractivity contribution in [3.8, 4) is 0 Å². The van der Waals surface area contributed by atoms with Crippen molar-refractivity contribution < 1.29 is 19.4 Å². The molecule has 2 aliphatic heterocycles. The Bertz CT molecular complexity index is 446. The van der Waals surface area contributed by atoms with Crippen LogP contribution < -0.4 is 9.80 Å². The van der Waals surface area contributed by atoms with E-state index >= 15 is 0 Å². The summed E-state index contributed by atoms with van der Waals surface area (Å²) >= 11 is 0. The molecule has 0 spiro atoms. The summed E-state index contributed by atoms with van der Waals surface area (Å²) in [6, 6.07) is 0. The van der Waals surface area contributed by atoms with E-state index in [-0.39, 0.29) is 11.8 Å². The maximum Gasteiger partial charge on any atom is 0.225 e. The van der Waals surface area contributed by atoms with Gasteiger partial charge in [0, 0.05) is 37.8 Å². The van der Waals surface area contributed by atoms with E-state index in [1.807, 2.05) is 0 Å². The predicted octanol–water partition coefficient (Wildman–Crippen LogP) is -1.71. The highest BCUT2D eigenvalue weighted by molar-refractivity contribution is 5.81. The van der Waals surface area contributed by atoms with Crippen molar-refractivity contribution in [2.75, 3.05) is 66.5 Å². The van der Waals surface area contributed by atoms with Gasteiger partial charge in [-0.3, -0.25) is 9.59 Å². The van der Waals surface area contributed by atoms with Crippen LogP contribution in [0.2, 0.25) is 0 Å². The van der Waals surface area contributed by atoms with E-state index in [0.29, 0.717) is 11.8 Å². The van der Waals surface area contributed by atoms with Gasteiger partial charge in [-0.25, -0.2) is 0 Å². The zero-order chi connectivity index (χ0) is 18.5. The molecule has 0 aromatic heterocycles. The molecule has 2 unspecified atom stereocenters. The molecule has 2 amide bonds. The summed E-state index contributed by atoms with van der Waals surface area (Å²) in [5.74, 6) is 1.01. The van der Waals surface area contributed by atoms with Crippen LogP contribution in [0.25, 0.3) is 0 Å². The van der Waals surface area contributed by atoms with Crippen LogP contribution in [-0.4, -0.2) is 88.1 Å². The number of carbonyl (C=O) groups excluding carboxylic acids is 2. The number of hydrogen-bond donors (Lipinski definition) is 2. The fourth-order valence-corrected chi connectivity index (χ4v) is 4.81. The van der Waals surface area contributed by atoms with Crippen LogP contribution in [0.4, 0.5) is 0 Å². The van der Waals surface area contributed by atoms with Gasteiger partial charge >= 0.3 is 0 Å². The van der Waals surface area contributed by atoms with E-state index in [1.54, 1.807) is 0 Å². The molecule has 1 saturated carbocycles. The van der Waals surface area contributed by atoms with Crippen molar-refractivity contribution in [3.63, 3.8) is 0 Å². The lowest BCUT2D eigenvalue weighted by atomic mass is 9.80. The van der Waals surface area contributed by atoms with E-state index in [2.05, 4.69) is 23.9 Å². The molecule has 26 heavy (non-hydrogen) atoms. The normalized spacial score (nSPS) is 34.1. The maximum absolute atomic E-state index is 12.9. The fraction of sp³-hybridized carbons (Fsp3) is 0.900. The average molecular weight is 367 g/mol. The summed E-state index contributed by atoms with van der Waals surface area (Å²) < 4.78 is 0. The lowest BCUT2D eigenvalue weighted by molar-refractivity contribution is -0.877. The Morgan fingerprint density at radius 3 is 1.42 bits per heavy atom. The van der Waals surface area contributed by atoms with Crippen LogP contribution in [0.15, 0.2) is 0 Å². The minimum absolute atomic E-state index is 0.150. The highest BCUT2D eigenvalue weighted by Gasteiger charge is 2.34. The zero-order valence-electron chi connectivity index (χ0n) is 16.8. The Morgan fingerprint density at radius 2 is 1.04 bits per heavy atom. The first-order chi connectivity index (χ1) is 12.5. The van der Waals surface area contributed by atoms with Crippen LogP contribution in [0, 0.1) is 11.8 Å². The molecule has 0 radical (unpaired) electrons. The number of nitrogens with zero attached hydrogens (tertiary/aromatic N) is 2. The van der Waals surface area contributed by atoms with Crippen LogP contribution in [0.3, 0.4) is 0 Å². The van der Waals surface area contributed by atoms with Gasteiger partial charge in [-0.1, -0.05) is 0 Å². The van der Waals surface area contributed by atoms with Gasteiger partial charge in [0.1, 0.15) is 0 Å².